The van der Waals surface area contributed by atoms with Crippen LogP contribution in [-0.4, -0.2) is 34.7 Å². The second kappa shape index (κ2) is 7.31. The second-order valence-electron chi connectivity index (χ2n) is 5.51. The lowest BCUT2D eigenvalue weighted by molar-refractivity contribution is 0.123. The minimum atomic E-state index is -3.84. The number of sulfonamides is 1. The van der Waals surface area contributed by atoms with Gasteiger partial charge in [-0.2, -0.15) is 5.26 Å². The molecule has 0 unspecified atom stereocenters. The van der Waals surface area contributed by atoms with E-state index in [9.17, 15) is 8.42 Å². The van der Waals surface area contributed by atoms with Crippen molar-refractivity contribution in [1.29, 1.82) is 5.26 Å². The fourth-order valence-corrected chi connectivity index (χ4v) is 3.89. The molecule has 8 heteroatoms. The summed E-state index contributed by atoms with van der Waals surface area (Å²) in [6.07, 6.45) is 0. The molecule has 0 spiro atoms. The van der Waals surface area contributed by atoms with Crippen LogP contribution in [0.1, 0.15) is 5.56 Å². The SMILES string of the molecule is N#Cc1cccc(S(=O)(=O)Nc2cc(Cl)ccc2N2CCOCC2)c1. The highest BCUT2D eigenvalue weighted by Crippen LogP contribution is 2.31. The number of rotatable bonds is 4. The zero-order valence-corrected chi connectivity index (χ0v) is 14.8. The average molecular weight is 378 g/mol. The lowest BCUT2D eigenvalue weighted by Crippen LogP contribution is -2.36. The van der Waals surface area contributed by atoms with Crippen molar-refractivity contribution in [2.45, 2.75) is 4.90 Å². The number of nitrogens with one attached hydrogen (secondary N) is 1. The van der Waals surface area contributed by atoms with E-state index in [1.165, 1.54) is 18.2 Å². The van der Waals surface area contributed by atoms with E-state index < -0.39 is 10.0 Å². The van der Waals surface area contributed by atoms with Gasteiger partial charge >= 0.3 is 0 Å². The topological polar surface area (TPSA) is 82.4 Å². The standard InChI is InChI=1S/C17H16ClN3O3S/c18-14-4-5-17(21-6-8-24-9-7-21)16(11-14)20-25(22,23)15-3-1-2-13(10-15)12-19/h1-5,10-11,20H,6-9H2. The van der Waals surface area contributed by atoms with Crippen LogP contribution < -0.4 is 9.62 Å². The first-order valence-corrected chi connectivity index (χ1v) is 9.51. The summed E-state index contributed by atoms with van der Waals surface area (Å²) in [7, 11) is -3.84. The Morgan fingerprint density at radius 2 is 1.92 bits per heavy atom. The van der Waals surface area contributed by atoms with E-state index in [0.717, 1.165) is 5.69 Å². The quantitative estimate of drug-likeness (QED) is 0.885. The van der Waals surface area contributed by atoms with E-state index in [1.807, 2.05) is 11.0 Å². The molecular weight excluding hydrogens is 362 g/mol. The predicted molar refractivity (Wildman–Crippen MR) is 96.4 cm³/mol. The average Bonchev–Trinajstić information content (AvgIpc) is 2.62. The molecule has 3 rings (SSSR count). The van der Waals surface area contributed by atoms with Crippen LogP contribution in [0.5, 0.6) is 0 Å². The number of hydrogen-bond acceptors (Lipinski definition) is 5. The molecule has 0 aromatic heterocycles. The Kier molecular flexibility index (Phi) is 5.13. The summed E-state index contributed by atoms with van der Waals surface area (Å²) >= 11 is 6.06. The Labute approximate surface area is 151 Å². The summed E-state index contributed by atoms with van der Waals surface area (Å²) < 4.78 is 33.4. The molecule has 1 aliphatic heterocycles. The highest BCUT2D eigenvalue weighted by atomic mass is 35.5. The molecule has 25 heavy (non-hydrogen) atoms. The summed E-state index contributed by atoms with van der Waals surface area (Å²) in [5, 5.41) is 9.40. The van der Waals surface area contributed by atoms with Gasteiger partial charge in [-0.3, -0.25) is 4.72 Å². The van der Waals surface area contributed by atoms with E-state index >= 15 is 0 Å². The first-order valence-electron chi connectivity index (χ1n) is 7.65. The highest BCUT2D eigenvalue weighted by Gasteiger charge is 2.20. The molecule has 6 nitrogen and oxygen atoms in total. The molecule has 0 atom stereocenters. The normalized spacial score (nSPS) is 14.8. The van der Waals surface area contributed by atoms with Crippen LogP contribution in [0.25, 0.3) is 0 Å². The summed E-state index contributed by atoms with van der Waals surface area (Å²) in [6.45, 7) is 2.50. The van der Waals surface area contributed by atoms with E-state index in [1.54, 1.807) is 24.3 Å². The molecule has 1 heterocycles. The van der Waals surface area contributed by atoms with Gasteiger partial charge in [-0.05, 0) is 36.4 Å². The van der Waals surface area contributed by atoms with Crippen LogP contribution in [0.4, 0.5) is 11.4 Å². The number of ether oxygens (including phenoxy) is 1. The minimum Gasteiger partial charge on any atom is -0.378 e. The van der Waals surface area contributed by atoms with Crippen molar-refractivity contribution < 1.29 is 13.2 Å². The first kappa shape index (κ1) is 17.5. The Hall–Kier alpha value is -2.27. The van der Waals surface area contributed by atoms with Gasteiger partial charge in [0.25, 0.3) is 10.0 Å². The molecule has 0 aliphatic carbocycles. The molecule has 1 saturated heterocycles. The van der Waals surface area contributed by atoms with Gasteiger partial charge in [0.2, 0.25) is 0 Å². The van der Waals surface area contributed by atoms with Crippen molar-refractivity contribution >= 4 is 33.0 Å². The maximum absolute atomic E-state index is 12.7. The zero-order chi connectivity index (χ0) is 17.9. The van der Waals surface area contributed by atoms with E-state index in [-0.39, 0.29) is 10.5 Å². The van der Waals surface area contributed by atoms with Crippen LogP contribution in [0.3, 0.4) is 0 Å². The third kappa shape index (κ3) is 4.04. The lowest BCUT2D eigenvalue weighted by Gasteiger charge is -2.30. The van der Waals surface area contributed by atoms with Crippen molar-refractivity contribution in [2.24, 2.45) is 0 Å². The summed E-state index contributed by atoms with van der Waals surface area (Å²) in [6, 6.07) is 12.9. The van der Waals surface area contributed by atoms with Gasteiger partial charge in [-0.15, -0.1) is 0 Å². The van der Waals surface area contributed by atoms with Gasteiger partial charge in [-0.1, -0.05) is 17.7 Å². The lowest BCUT2D eigenvalue weighted by atomic mass is 10.2. The summed E-state index contributed by atoms with van der Waals surface area (Å²) in [5.74, 6) is 0. The Morgan fingerprint density at radius 1 is 1.16 bits per heavy atom. The number of morpholine rings is 1. The molecule has 0 amide bonds. The van der Waals surface area contributed by atoms with E-state index in [2.05, 4.69) is 4.72 Å². The van der Waals surface area contributed by atoms with Crippen molar-refractivity contribution in [1.82, 2.24) is 0 Å². The fourth-order valence-electron chi connectivity index (χ4n) is 2.61. The maximum atomic E-state index is 12.7. The van der Waals surface area contributed by atoms with Crippen LogP contribution in [-0.2, 0) is 14.8 Å². The Balaban J connectivity index is 1.96. The molecule has 2 aromatic carbocycles. The minimum absolute atomic E-state index is 0.0273. The van der Waals surface area contributed by atoms with Crippen LogP contribution in [0.15, 0.2) is 47.4 Å². The van der Waals surface area contributed by atoms with Crippen molar-refractivity contribution in [3.05, 3.63) is 53.1 Å². The number of anilines is 2. The molecule has 2 aromatic rings. The number of nitrogens with zero attached hydrogens (tertiary/aromatic N) is 2. The van der Waals surface area contributed by atoms with Crippen LogP contribution in [0.2, 0.25) is 5.02 Å². The monoisotopic (exact) mass is 377 g/mol. The van der Waals surface area contributed by atoms with Crippen molar-refractivity contribution in [3.63, 3.8) is 0 Å². The molecule has 0 bridgehead atoms. The third-order valence-corrected chi connectivity index (χ3v) is 5.43. The molecule has 1 fully saturated rings. The smallest absolute Gasteiger partial charge is 0.262 e. The van der Waals surface area contributed by atoms with Gasteiger partial charge in [0, 0.05) is 18.1 Å². The molecule has 0 radical (unpaired) electrons. The van der Waals surface area contributed by atoms with Gasteiger partial charge < -0.3 is 9.64 Å². The fraction of sp³-hybridized carbons (Fsp3) is 0.235. The number of halogens is 1. The predicted octanol–water partition coefficient (Wildman–Crippen LogP) is 2.85. The maximum Gasteiger partial charge on any atom is 0.262 e. The van der Waals surface area contributed by atoms with Crippen LogP contribution in [0, 0.1) is 11.3 Å². The Bertz CT molecular complexity index is 919. The third-order valence-electron chi connectivity index (χ3n) is 3.83. The molecule has 1 aliphatic rings. The van der Waals surface area contributed by atoms with Gasteiger partial charge in [0.05, 0.1) is 41.1 Å². The summed E-state index contributed by atoms with van der Waals surface area (Å²) in [5.41, 5.74) is 1.42. The first-order chi connectivity index (χ1) is 12.0. The molecule has 1 N–H and O–H groups in total. The number of nitriles is 1. The van der Waals surface area contributed by atoms with E-state index in [0.29, 0.717) is 37.0 Å². The Morgan fingerprint density at radius 3 is 2.64 bits per heavy atom. The van der Waals surface area contributed by atoms with E-state index in [4.69, 9.17) is 21.6 Å². The number of hydrogen-bond donors (Lipinski definition) is 1. The second-order valence-corrected chi connectivity index (χ2v) is 7.62. The van der Waals surface area contributed by atoms with Crippen molar-refractivity contribution in [2.75, 3.05) is 35.9 Å². The molecular formula is C17H16ClN3O3S. The largest absolute Gasteiger partial charge is 0.378 e. The zero-order valence-electron chi connectivity index (χ0n) is 13.3. The van der Waals surface area contributed by atoms with Crippen LogP contribution >= 0.6 is 11.6 Å². The van der Waals surface area contributed by atoms with Gasteiger partial charge in [0.15, 0.2) is 0 Å². The molecule has 130 valence electrons. The summed E-state index contributed by atoms with van der Waals surface area (Å²) in [4.78, 5) is 2.07. The van der Waals surface area contributed by atoms with Gasteiger partial charge in [0.1, 0.15) is 0 Å². The molecule has 0 saturated carbocycles. The highest BCUT2D eigenvalue weighted by molar-refractivity contribution is 7.92. The number of benzene rings is 2. The van der Waals surface area contributed by atoms with Crippen molar-refractivity contribution in [3.8, 4) is 6.07 Å². The van der Waals surface area contributed by atoms with Gasteiger partial charge in [-0.25, -0.2) is 8.42 Å².